The fraction of sp³-hybridized carbons (Fsp3) is 0.682. The van der Waals surface area contributed by atoms with Gasteiger partial charge in [0.05, 0.1) is 11.8 Å². The van der Waals surface area contributed by atoms with Crippen molar-refractivity contribution in [2.24, 2.45) is 11.8 Å². The highest BCUT2D eigenvalue weighted by molar-refractivity contribution is 5.77. The third-order valence-corrected chi connectivity index (χ3v) is 11.3. The smallest absolute Gasteiger partial charge is 0.425 e. The van der Waals surface area contributed by atoms with Crippen LogP contribution in [0.4, 0.5) is 13.2 Å². The predicted molar refractivity (Wildman–Crippen MR) is 198 cm³/mol. The molecule has 2 aliphatic carbocycles. The van der Waals surface area contributed by atoms with E-state index >= 15 is 0 Å². The molecule has 2 aliphatic rings. The lowest BCUT2D eigenvalue weighted by Gasteiger charge is -2.35. The van der Waals surface area contributed by atoms with Gasteiger partial charge in [-0.1, -0.05) is 139 Å². The number of esters is 2. The topological polar surface area (TPSA) is 52.6 Å². The Balaban J connectivity index is 1.26. The number of carbonyl (C=O) groups is 2. The van der Waals surface area contributed by atoms with Gasteiger partial charge >= 0.3 is 18.1 Å². The summed E-state index contributed by atoms with van der Waals surface area (Å²) in [6, 6.07) is 16.5. The van der Waals surface area contributed by atoms with Gasteiger partial charge in [-0.05, 0) is 92.4 Å². The van der Waals surface area contributed by atoms with Crippen molar-refractivity contribution in [3.05, 3.63) is 70.8 Å². The van der Waals surface area contributed by atoms with Crippen molar-refractivity contribution in [1.29, 1.82) is 0 Å². The molecule has 0 heterocycles. The van der Waals surface area contributed by atoms with Crippen molar-refractivity contribution < 1.29 is 32.2 Å². The fourth-order valence-corrected chi connectivity index (χ4v) is 8.04. The zero-order chi connectivity index (χ0) is 36.5. The minimum atomic E-state index is -4.65. The zero-order valence-electron chi connectivity index (χ0n) is 31.3. The van der Waals surface area contributed by atoms with Crippen molar-refractivity contribution in [3.8, 4) is 0 Å². The molecule has 4 nitrogen and oxygen atoms in total. The summed E-state index contributed by atoms with van der Waals surface area (Å²) in [4.78, 5) is 27.0. The molecule has 0 radical (unpaired) electrons. The van der Waals surface area contributed by atoms with E-state index in [4.69, 9.17) is 9.47 Å². The number of ether oxygens (including phenoxy) is 2. The van der Waals surface area contributed by atoms with Gasteiger partial charge < -0.3 is 9.47 Å². The maximum absolute atomic E-state index is 13.9. The second kappa shape index (κ2) is 21.6. The van der Waals surface area contributed by atoms with Crippen molar-refractivity contribution in [2.45, 2.75) is 179 Å². The molecule has 1 fully saturated rings. The molecule has 0 spiro atoms. The van der Waals surface area contributed by atoms with Crippen LogP contribution in [0, 0.1) is 11.8 Å². The van der Waals surface area contributed by atoms with E-state index in [1.165, 1.54) is 75.3 Å². The summed E-state index contributed by atoms with van der Waals surface area (Å²) in [6.07, 6.45) is 13.1. The first kappa shape index (κ1) is 40.9. The Kier molecular flexibility index (Phi) is 17.4. The third kappa shape index (κ3) is 13.3. The van der Waals surface area contributed by atoms with Gasteiger partial charge in [-0.15, -0.1) is 0 Å². The molecule has 7 heteroatoms. The van der Waals surface area contributed by atoms with Crippen LogP contribution in [0.1, 0.15) is 177 Å². The molecule has 2 unspecified atom stereocenters. The molecule has 0 bridgehead atoms. The molecule has 2 aromatic rings. The quantitative estimate of drug-likeness (QED) is 0.0955. The maximum Gasteiger partial charge on any atom is 0.425 e. The first-order valence-electron chi connectivity index (χ1n) is 20.4. The van der Waals surface area contributed by atoms with Gasteiger partial charge in [0.15, 0.2) is 6.10 Å². The highest BCUT2D eigenvalue weighted by Gasteiger charge is 2.46. The Morgan fingerprint density at radius 3 is 1.92 bits per heavy atom. The lowest BCUT2D eigenvalue weighted by Crippen LogP contribution is -2.39. The Morgan fingerprint density at radius 1 is 0.706 bits per heavy atom. The number of carbonyl (C=O) groups excluding carboxylic acids is 2. The van der Waals surface area contributed by atoms with E-state index < -0.39 is 30.3 Å². The summed E-state index contributed by atoms with van der Waals surface area (Å²) in [5.41, 5.74) is 4.34. The van der Waals surface area contributed by atoms with Gasteiger partial charge in [-0.2, -0.15) is 13.2 Å². The highest BCUT2D eigenvalue weighted by atomic mass is 19.4. The maximum atomic E-state index is 13.9. The van der Waals surface area contributed by atoms with Crippen LogP contribution in [0.3, 0.4) is 0 Å². The van der Waals surface area contributed by atoms with E-state index in [1.807, 2.05) is 31.2 Å². The molecular weight excluding hydrogens is 649 g/mol. The van der Waals surface area contributed by atoms with Crippen LogP contribution in [-0.2, 0) is 31.9 Å². The van der Waals surface area contributed by atoms with Gasteiger partial charge in [0.2, 0.25) is 0 Å². The van der Waals surface area contributed by atoms with Gasteiger partial charge in [0.1, 0.15) is 6.10 Å². The van der Waals surface area contributed by atoms with E-state index in [0.29, 0.717) is 43.6 Å². The van der Waals surface area contributed by atoms with Gasteiger partial charge in [0.25, 0.3) is 0 Å². The van der Waals surface area contributed by atoms with Crippen LogP contribution in [0.15, 0.2) is 48.5 Å². The second-order valence-corrected chi connectivity index (χ2v) is 15.2. The molecule has 284 valence electrons. The minimum Gasteiger partial charge on any atom is -0.456 e. The summed E-state index contributed by atoms with van der Waals surface area (Å²) >= 11 is 0. The Bertz CT molecular complexity index is 1300. The summed E-state index contributed by atoms with van der Waals surface area (Å²) in [7, 11) is 0. The number of alkyl halides is 3. The van der Waals surface area contributed by atoms with Crippen LogP contribution in [0.25, 0.3) is 0 Å². The average Bonchev–Trinajstić information content (AvgIpc) is 3.13. The van der Waals surface area contributed by atoms with E-state index in [2.05, 4.69) is 31.2 Å². The summed E-state index contributed by atoms with van der Waals surface area (Å²) in [5.74, 6) is -2.19. The summed E-state index contributed by atoms with van der Waals surface area (Å²) < 4.78 is 52.9. The molecule has 0 N–H and O–H groups in total. The average molecular weight is 713 g/mol. The Morgan fingerprint density at radius 2 is 1.29 bits per heavy atom. The van der Waals surface area contributed by atoms with E-state index in [-0.39, 0.29) is 24.7 Å². The number of aryl methyl sites for hydroxylation is 2. The molecular formula is C44H63F3O4. The van der Waals surface area contributed by atoms with Crippen molar-refractivity contribution in [1.82, 2.24) is 0 Å². The molecule has 51 heavy (non-hydrogen) atoms. The molecule has 0 aromatic heterocycles. The molecule has 2 aromatic carbocycles. The van der Waals surface area contributed by atoms with Crippen LogP contribution in [-0.4, -0.2) is 24.2 Å². The normalized spacial score (nSPS) is 21.1. The standard InChI is InChI=1S/C44H63F3O4/c1-3-5-7-9-10-11-12-13-14-15-19-33-23-25-34(26-24-33)35-27-29-37(30-28-35)42(48)51-41-38-21-18-17-20-36(38)31-32-39(41)43(49)50-40(44(45,46)47)22-16-8-6-4-2/h17-18,20-21,23-26,35,37,39-41H,3-16,19,22,27-32H2,1-2H3/t35?,37?,39?,40-,41?/m1/s1. The Labute approximate surface area is 305 Å². The summed E-state index contributed by atoms with van der Waals surface area (Å²) in [5, 5.41) is 0. The zero-order valence-corrected chi connectivity index (χ0v) is 31.3. The Hall–Kier alpha value is -2.83. The number of benzene rings is 2. The second-order valence-electron chi connectivity index (χ2n) is 15.2. The van der Waals surface area contributed by atoms with Crippen LogP contribution < -0.4 is 0 Å². The summed E-state index contributed by atoms with van der Waals surface area (Å²) in [6.45, 7) is 4.26. The molecule has 0 amide bonds. The number of unbranched alkanes of at least 4 members (excludes halogenated alkanes) is 12. The molecule has 0 aliphatic heterocycles. The third-order valence-electron chi connectivity index (χ3n) is 11.3. The van der Waals surface area contributed by atoms with Gasteiger partial charge in [-0.3, -0.25) is 9.59 Å². The van der Waals surface area contributed by atoms with E-state index in [0.717, 1.165) is 37.7 Å². The number of hydrogen-bond acceptors (Lipinski definition) is 4. The van der Waals surface area contributed by atoms with Gasteiger partial charge in [-0.25, -0.2) is 0 Å². The van der Waals surface area contributed by atoms with Crippen molar-refractivity contribution in [3.63, 3.8) is 0 Å². The van der Waals surface area contributed by atoms with Gasteiger partial charge in [0, 0.05) is 0 Å². The number of rotatable bonds is 21. The van der Waals surface area contributed by atoms with Crippen LogP contribution >= 0.6 is 0 Å². The fourth-order valence-electron chi connectivity index (χ4n) is 8.04. The minimum absolute atomic E-state index is 0.256. The van der Waals surface area contributed by atoms with E-state index in [9.17, 15) is 22.8 Å². The monoisotopic (exact) mass is 712 g/mol. The number of fused-ring (bicyclic) bond motifs is 1. The van der Waals surface area contributed by atoms with E-state index in [1.54, 1.807) is 0 Å². The molecule has 3 atom stereocenters. The predicted octanol–water partition coefficient (Wildman–Crippen LogP) is 12.7. The van der Waals surface area contributed by atoms with Crippen LogP contribution in [0.5, 0.6) is 0 Å². The first-order valence-corrected chi connectivity index (χ1v) is 20.4. The lowest BCUT2D eigenvalue weighted by atomic mass is 9.78. The lowest BCUT2D eigenvalue weighted by molar-refractivity contribution is -0.227. The molecule has 4 rings (SSSR count). The van der Waals surface area contributed by atoms with Crippen molar-refractivity contribution >= 4 is 11.9 Å². The highest BCUT2D eigenvalue weighted by Crippen LogP contribution is 2.42. The number of halogens is 3. The largest absolute Gasteiger partial charge is 0.456 e. The van der Waals surface area contributed by atoms with Crippen LogP contribution in [0.2, 0.25) is 0 Å². The molecule has 1 saturated carbocycles. The SMILES string of the molecule is CCCCCCCCCCCCc1ccc(C2CCC(C(=O)OC3c4ccccc4CCC3C(=O)O[C@H](CCCCCC)C(F)(F)F)CC2)cc1. The number of hydrogen-bond donors (Lipinski definition) is 0. The van der Waals surface area contributed by atoms with Crippen molar-refractivity contribution in [2.75, 3.05) is 0 Å². The first-order chi connectivity index (χ1) is 24.7. The molecule has 0 saturated heterocycles.